The average molecular weight is 353 g/mol. The maximum atomic E-state index is 13.9. The number of nitrogen functional groups attached to an aromatic ring is 1. The van der Waals surface area contributed by atoms with Gasteiger partial charge in [-0.1, -0.05) is 15.9 Å². The summed E-state index contributed by atoms with van der Waals surface area (Å²) in [5.74, 6) is -2.44. The lowest BCUT2D eigenvalue weighted by Gasteiger charge is -2.18. The quantitative estimate of drug-likeness (QED) is 0.798. The summed E-state index contributed by atoms with van der Waals surface area (Å²) >= 11 is 2.99. The molecule has 0 fully saturated rings. The molecule has 6 heteroatoms. The number of amides is 1. The number of halogens is 3. The SMILES string of the molecule is Nc1ccc2c(c1)CCN2C(=O)c1c(F)cc(Br)cc1F. The van der Waals surface area contributed by atoms with Gasteiger partial charge in [0, 0.05) is 22.4 Å². The van der Waals surface area contributed by atoms with E-state index in [4.69, 9.17) is 5.73 Å². The maximum Gasteiger partial charge on any atom is 0.264 e. The summed E-state index contributed by atoms with van der Waals surface area (Å²) < 4.78 is 28.1. The molecule has 0 radical (unpaired) electrons. The number of fused-ring (bicyclic) bond motifs is 1. The summed E-state index contributed by atoms with van der Waals surface area (Å²) in [6, 6.07) is 7.30. The Labute approximate surface area is 128 Å². The molecule has 1 heterocycles. The average Bonchev–Trinajstić information content (AvgIpc) is 2.80. The predicted octanol–water partition coefficient (Wildman–Crippen LogP) is 3.51. The van der Waals surface area contributed by atoms with Crippen molar-refractivity contribution >= 4 is 33.2 Å². The fourth-order valence-electron chi connectivity index (χ4n) is 2.51. The van der Waals surface area contributed by atoms with Gasteiger partial charge in [-0.25, -0.2) is 8.78 Å². The van der Waals surface area contributed by atoms with Gasteiger partial charge in [-0.3, -0.25) is 4.79 Å². The Hall–Kier alpha value is -1.95. The Bertz CT molecular complexity index is 725. The molecule has 1 aliphatic heterocycles. The topological polar surface area (TPSA) is 46.3 Å². The molecule has 2 aromatic rings. The van der Waals surface area contributed by atoms with E-state index in [0.29, 0.717) is 24.3 Å². The zero-order chi connectivity index (χ0) is 15.1. The molecular weight excluding hydrogens is 342 g/mol. The van der Waals surface area contributed by atoms with Crippen LogP contribution in [-0.4, -0.2) is 12.5 Å². The van der Waals surface area contributed by atoms with E-state index in [1.807, 2.05) is 0 Å². The minimum atomic E-state index is -0.879. The van der Waals surface area contributed by atoms with Gasteiger partial charge < -0.3 is 10.6 Å². The third-order valence-corrected chi connectivity index (χ3v) is 3.92. The number of rotatable bonds is 1. The fraction of sp³-hybridized carbons (Fsp3) is 0.133. The van der Waals surface area contributed by atoms with E-state index in [-0.39, 0.29) is 4.47 Å². The van der Waals surface area contributed by atoms with Crippen LogP contribution in [-0.2, 0) is 6.42 Å². The summed E-state index contributed by atoms with van der Waals surface area (Å²) in [4.78, 5) is 13.8. The highest BCUT2D eigenvalue weighted by Gasteiger charge is 2.29. The molecule has 0 aliphatic carbocycles. The van der Waals surface area contributed by atoms with Gasteiger partial charge in [-0.15, -0.1) is 0 Å². The lowest BCUT2D eigenvalue weighted by atomic mass is 10.1. The third-order valence-electron chi connectivity index (χ3n) is 3.46. The Morgan fingerprint density at radius 2 is 1.86 bits per heavy atom. The Balaban J connectivity index is 2.03. The highest BCUT2D eigenvalue weighted by atomic mass is 79.9. The van der Waals surface area contributed by atoms with Crippen LogP contribution in [0.15, 0.2) is 34.8 Å². The molecule has 0 unspecified atom stereocenters. The van der Waals surface area contributed by atoms with E-state index in [2.05, 4.69) is 15.9 Å². The van der Waals surface area contributed by atoms with Gasteiger partial charge in [0.2, 0.25) is 0 Å². The molecule has 21 heavy (non-hydrogen) atoms. The zero-order valence-electron chi connectivity index (χ0n) is 10.9. The molecule has 0 atom stereocenters. The largest absolute Gasteiger partial charge is 0.399 e. The highest BCUT2D eigenvalue weighted by molar-refractivity contribution is 9.10. The number of benzene rings is 2. The van der Waals surface area contributed by atoms with Gasteiger partial charge in [-0.2, -0.15) is 0 Å². The van der Waals surface area contributed by atoms with Crippen LogP contribution >= 0.6 is 15.9 Å². The van der Waals surface area contributed by atoms with Crippen molar-refractivity contribution in [3.63, 3.8) is 0 Å². The summed E-state index contributed by atoms with van der Waals surface area (Å²) in [7, 11) is 0. The highest BCUT2D eigenvalue weighted by Crippen LogP contribution is 2.32. The molecule has 3 nitrogen and oxygen atoms in total. The first-order valence-electron chi connectivity index (χ1n) is 6.32. The van der Waals surface area contributed by atoms with Crippen molar-refractivity contribution in [1.29, 1.82) is 0 Å². The monoisotopic (exact) mass is 352 g/mol. The minimum Gasteiger partial charge on any atom is -0.399 e. The number of nitrogens with two attached hydrogens (primary N) is 1. The molecule has 108 valence electrons. The van der Waals surface area contributed by atoms with Gasteiger partial charge >= 0.3 is 0 Å². The summed E-state index contributed by atoms with van der Waals surface area (Å²) in [6.45, 7) is 0.382. The number of anilines is 2. The van der Waals surface area contributed by atoms with Gasteiger partial charge in [0.1, 0.15) is 17.2 Å². The van der Waals surface area contributed by atoms with Crippen LogP contribution in [0.1, 0.15) is 15.9 Å². The maximum absolute atomic E-state index is 13.9. The minimum absolute atomic E-state index is 0.253. The van der Waals surface area contributed by atoms with Crippen LogP contribution < -0.4 is 10.6 Å². The molecular formula is C15H11BrF2N2O. The van der Waals surface area contributed by atoms with E-state index in [1.54, 1.807) is 18.2 Å². The number of hydrogen-bond donors (Lipinski definition) is 1. The Morgan fingerprint density at radius 3 is 2.52 bits per heavy atom. The number of hydrogen-bond acceptors (Lipinski definition) is 2. The van der Waals surface area contributed by atoms with Crippen LogP contribution in [0, 0.1) is 11.6 Å². The fourth-order valence-corrected chi connectivity index (χ4v) is 2.92. The third kappa shape index (κ3) is 2.40. The van der Waals surface area contributed by atoms with Crippen LogP contribution in [0.25, 0.3) is 0 Å². The first-order chi connectivity index (χ1) is 9.97. The first-order valence-corrected chi connectivity index (χ1v) is 7.11. The number of carbonyl (C=O) groups excluding carboxylic acids is 1. The smallest absolute Gasteiger partial charge is 0.264 e. The van der Waals surface area contributed by atoms with Crippen LogP contribution in [0.5, 0.6) is 0 Å². The molecule has 0 saturated carbocycles. The summed E-state index contributed by atoms with van der Waals surface area (Å²) in [5.41, 5.74) is 7.31. The van der Waals surface area contributed by atoms with Gasteiger partial charge in [0.05, 0.1) is 0 Å². The van der Waals surface area contributed by atoms with E-state index < -0.39 is 23.1 Å². The van der Waals surface area contributed by atoms with Gasteiger partial charge in [-0.05, 0) is 42.3 Å². The molecule has 0 spiro atoms. The van der Waals surface area contributed by atoms with Crippen molar-refractivity contribution < 1.29 is 13.6 Å². The molecule has 1 aliphatic rings. The van der Waals surface area contributed by atoms with E-state index in [1.165, 1.54) is 4.90 Å². The van der Waals surface area contributed by atoms with Crippen LogP contribution in [0.4, 0.5) is 20.2 Å². The molecule has 0 aromatic heterocycles. The van der Waals surface area contributed by atoms with Crippen molar-refractivity contribution in [3.8, 4) is 0 Å². The Morgan fingerprint density at radius 1 is 1.19 bits per heavy atom. The molecule has 1 amide bonds. The second-order valence-corrected chi connectivity index (χ2v) is 5.76. The van der Waals surface area contributed by atoms with Crippen LogP contribution in [0.3, 0.4) is 0 Å². The molecule has 0 bridgehead atoms. The first kappa shape index (κ1) is 14.0. The normalized spacial score (nSPS) is 13.4. The second kappa shape index (κ2) is 5.11. The van der Waals surface area contributed by atoms with Crippen LogP contribution in [0.2, 0.25) is 0 Å². The van der Waals surface area contributed by atoms with E-state index in [0.717, 1.165) is 17.7 Å². The molecule has 2 N–H and O–H groups in total. The lowest BCUT2D eigenvalue weighted by molar-refractivity contribution is 0.0981. The van der Waals surface area contributed by atoms with Crippen molar-refractivity contribution in [3.05, 3.63) is 57.6 Å². The van der Waals surface area contributed by atoms with Crippen molar-refractivity contribution in [2.45, 2.75) is 6.42 Å². The number of nitrogens with zero attached hydrogens (tertiary/aromatic N) is 1. The predicted molar refractivity (Wildman–Crippen MR) is 80.3 cm³/mol. The van der Waals surface area contributed by atoms with E-state index >= 15 is 0 Å². The summed E-state index contributed by atoms with van der Waals surface area (Å²) in [5, 5.41) is 0. The van der Waals surface area contributed by atoms with Crippen molar-refractivity contribution in [1.82, 2.24) is 0 Å². The van der Waals surface area contributed by atoms with Gasteiger partial charge in [0.15, 0.2) is 0 Å². The van der Waals surface area contributed by atoms with Crippen molar-refractivity contribution in [2.24, 2.45) is 0 Å². The Kier molecular flexibility index (Phi) is 3.41. The standard InChI is InChI=1S/C15H11BrF2N2O/c16-9-6-11(17)14(12(18)7-9)15(21)20-4-3-8-5-10(19)1-2-13(8)20/h1-2,5-7H,3-4,19H2. The van der Waals surface area contributed by atoms with Gasteiger partial charge in [0.25, 0.3) is 5.91 Å². The molecule has 2 aromatic carbocycles. The zero-order valence-corrected chi connectivity index (χ0v) is 12.5. The lowest BCUT2D eigenvalue weighted by Crippen LogP contribution is -2.30. The van der Waals surface area contributed by atoms with E-state index in [9.17, 15) is 13.6 Å². The summed E-state index contributed by atoms with van der Waals surface area (Å²) in [6.07, 6.45) is 0.617. The number of carbonyl (C=O) groups is 1. The molecule has 0 saturated heterocycles. The second-order valence-electron chi connectivity index (χ2n) is 4.84. The van der Waals surface area contributed by atoms with Crippen molar-refractivity contribution in [2.75, 3.05) is 17.2 Å². The molecule has 3 rings (SSSR count).